The van der Waals surface area contributed by atoms with E-state index in [1.54, 1.807) is 0 Å². The van der Waals surface area contributed by atoms with Crippen LogP contribution in [0.5, 0.6) is 0 Å². The number of rotatable bonds is 0. The zero-order chi connectivity index (χ0) is 12.1. The van der Waals surface area contributed by atoms with E-state index in [9.17, 15) is 22.0 Å². The molecule has 0 amide bonds. The van der Waals surface area contributed by atoms with Crippen molar-refractivity contribution >= 4 is 11.8 Å². The minimum atomic E-state index is -4.38. The third-order valence-electron chi connectivity index (χ3n) is 2.15. The van der Waals surface area contributed by atoms with Crippen LogP contribution in [-0.4, -0.2) is 5.25 Å². The van der Waals surface area contributed by atoms with E-state index in [4.69, 9.17) is 5.26 Å². The summed E-state index contributed by atoms with van der Waals surface area (Å²) in [6.07, 6.45) is 0. The molecule has 0 unspecified atom stereocenters. The van der Waals surface area contributed by atoms with Crippen LogP contribution in [0.2, 0.25) is 0 Å². The number of alkyl halides is 4. The van der Waals surface area contributed by atoms with Crippen LogP contribution in [-0.2, 0) is 5.92 Å². The molecule has 16 heavy (non-hydrogen) atoms. The maximum atomic E-state index is 13.2. The summed E-state index contributed by atoms with van der Waals surface area (Å²) in [5.74, 6) is -5.46. The fraction of sp³-hybridized carbons (Fsp3) is 0.222. The van der Waals surface area contributed by atoms with Crippen molar-refractivity contribution in [1.82, 2.24) is 0 Å². The molecule has 7 heteroatoms. The second-order valence-electron chi connectivity index (χ2n) is 3.10. The summed E-state index contributed by atoms with van der Waals surface area (Å²) in [4.78, 5) is -0.683. The number of fused-ring (bicyclic) bond motifs is 1. The number of hydrogen-bond acceptors (Lipinski definition) is 2. The normalized spacial score (nSPS) is 20.2. The molecule has 1 nitrogen and oxygen atoms in total. The first-order chi connectivity index (χ1) is 7.31. The van der Waals surface area contributed by atoms with Gasteiger partial charge in [0.25, 0.3) is 0 Å². The molecule has 0 aromatic heterocycles. The monoisotopic (exact) mass is 251 g/mol. The van der Waals surface area contributed by atoms with E-state index >= 15 is 0 Å². The number of halogens is 5. The molecule has 84 valence electrons. The van der Waals surface area contributed by atoms with Gasteiger partial charge >= 0.3 is 11.2 Å². The predicted molar refractivity (Wildman–Crippen MR) is 45.8 cm³/mol. The molecule has 2 rings (SSSR count). The lowest BCUT2D eigenvalue weighted by molar-refractivity contribution is -0.154. The second kappa shape index (κ2) is 3.10. The zero-order valence-corrected chi connectivity index (χ0v) is 8.22. The lowest BCUT2D eigenvalue weighted by Crippen LogP contribution is -2.29. The molecule has 0 atom stereocenters. The van der Waals surface area contributed by atoms with Gasteiger partial charge in [0, 0.05) is 10.5 Å². The van der Waals surface area contributed by atoms with Crippen LogP contribution in [0, 0.1) is 17.1 Å². The van der Waals surface area contributed by atoms with E-state index in [1.165, 1.54) is 6.07 Å². The van der Waals surface area contributed by atoms with Crippen LogP contribution >= 0.6 is 11.8 Å². The van der Waals surface area contributed by atoms with Gasteiger partial charge in [-0.3, -0.25) is 0 Å². The van der Waals surface area contributed by atoms with Crippen molar-refractivity contribution in [2.75, 3.05) is 0 Å². The molecule has 0 bridgehead atoms. The van der Waals surface area contributed by atoms with E-state index in [-0.39, 0.29) is 0 Å². The average Bonchev–Trinajstić information content (AvgIpc) is 2.33. The number of benzene rings is 1. The smallest absolute Gasteiger partial charge is 0.206 e. The Morgan fingerprint density at radius 3 is 2.38 bits per heavy atom. The SMILES string of the molecule is N#Cc1c(F)ccc2c1SC(F)(F)C2(F)F. The highest BCUT2D eigenvalue weighted by Gasteiger charge is 2.64. The van der Waals surface area contributed by atoms with Crippen molar-refractivity contribution in [2.45, 2.75) is 16.1 Å². The number of hydrogen-bond donors (Lipinski definition) is 0. The van der Waals surface area contributed by atoms with E-state index < -0.39 is 44.8 Å². The van der Waals surface area contributed by atoms with E-state index in [2.05, 4.69) is 0 Å². The zero-order valence-electron chi connectivity index (χ0n) is 7.40. The van der Waals surface area contributed by atoms with Gasteiger partial charge in [0.1, 0.15) is 17.4 Å². The average molecular weight is 251 g/mol. The van der Waals surface area contributed by atoms with Crippen molar-refractivity contribution in [2.24, 2.45) is 0 Å². The number of nitriles is 1. The first-order valence-corrected chi connectivity index (χ1v) is 4.80. The third-order valence-corrected chi connectivity index (χ3v) is 3.29. The van der Waals surface area contributed by atoms with Crippen LogP contribution < -0.4 is 0 Å². The number of nitrogens with zero attached hydrogens (tertiary/aromatic N) is 1. The maximum Gasteiger partial charge on any atom is 0.364 e. The van der Waals surface area contributed by atoms with Gasteiger partial charge in [-0.25, -0.2) is 4.39 Å². The van der Waals surface area contributed by atoms with Crippen molar-refractivity contribution in [3.05, 3.63) is 29.1 Å². The summed E-state index contributed by atoms with van der Waals surface area (Å²) in [7, 11) is 0. The lowest BCUT2D eigenvalue weighted by atomic mass is 10.1. The Hall–Kier alpha value is -1.29. The molecule has 0 N–H and O–H groups in total. The Balaban J connectivity index is 2.74. The van der Waals surface area contributed by atoms with Gasteiger partial charge in [0.15, 0.2) is 0 Å². The topological polar surface area (TPSA) is 23.8 Å². The van der Waals surface area contributed by atoms with Crippen LogP contribution in [0.4, 0.5) is 22.0 Å². The fourth-order valence-electron chi connectivity index (χ4n) is 1.37. The molecule has 0 spiro atoms. The molecule has 0 saturated heterocycles. The Morgan fingerprint density at radius 2 is 1.81 bits per heavy atom. The summed E-state index contributed by atoms with van der Waals surface area (Å²) < 4.78 is 65.2. The number of thioether (sulfide) groups is 1. The van der Waals surface area contributed by atoms with Crippen molar-refractivity contribution in [3.8, 4) is 6.07 Å². The molecule has 0 saturated carbocycles. The predicted octanol–water partition coefficient (Wildman–Crippen LogP) is 3.49. The van der Waals surface area contributed by atoms with Gasteiger partial charge in [0.05, 0.1) is 0 Å². The summed E-state index contributed by atoms with van der Waals surface area (Å²) in [6.45, 7) is 0. The molecule has 0 fully saturated rings. The molecule has 1 heterocycles. The highest BCUT2D eigenvalue weighted by atomic mass is 32.2. The third kappa shape index (κ3) is 1.23. The first kappa shape index (κ1) is 11.2. The van der Waals surface area contributed by atoms with Crippen molar-refractivity contribution in [3.63, 3.8) is 0 Å². The van der Waals surface area contributed by atoms with Gasteiger partial charge in [-0.15, -0.1) is 0 Å². The summed E-state index contributed by atoms with van der Waals surface area (Å²) in [5, 5.41) is 4.18. The van der Waals surface area contributed by atoms with Gasteiger partial charge in [0.2, 0.25) is 0 Å². The van der Waals surface area contributed by atoms with Gasteiger partial charge in [-0.05, 0) is 23.9 Å². The largest absolute Gasteiger partial charge is 0.364 e. The van der Waals surface area contributed by atoms with Gasteiger partial charge < -0.3 is 0 Å². The van der Waals surface area contributed by atoms with E-state index in [1.807, 2.05) is 0 Å². The highest BCUT2D eigenvalue weighted by Crippen LogP contribution is 2.61. The van der Waals surface area contributed by atoms with Gasteiger partial charge in [-0.1, -0.05) is 0 Å². The van der Waals surface area contributed by atoms with Crippen LogP contribution in [0.3, 0.4) is 0 Å². The molecule has 1 aliphatic heterocycles. The first-order valence-electron chi connectivity index (χ1n) is 3.99. The molecule has 1 aromatic rings. The highest BCUT2D eigenvalue weighted by molar-refractivity contribution is 8.00. The fourth-order valence-corrected chi connectivity index (χ4v) is 2.41. The lowest BCUT2D eigenvalue weighted by Gasteiger charge is -2.17. The van der Waals surface area contributed by atoms with Crippen molar-refractivity contribution in [1.29, 1.82) is 5.26 Å². The summed E-state index contributed by atoms with van der Waals surface area (Å²) >= 11 is -0.480. The van der Waals surface area contributed by atoms with Crippen molar-refractivity contribution < 1.29 is 22.0 Å². The van der Waals surface area contributed by atoms with Crippen LogP contribution in [0.25, 0.3) is 0 Å². The van der Waals surface area contributed by atoms with E-state index in [0.29, 0.717) is 12.1 Å². The Labute approximate surface area is 90.9 Å². The summed E-state index contributed by atoms with van der Waals surface area (Å²) in [6, 6.07) is 2.48. The van der Waals surface area contributed by atoms with Gasteiger partial charge in [-0.2, -0.15) is 22.8 Å². The summed E-state index contributed by atoms with van der Waals surface area (Å²) in [5.41, 5.74) is -1.76. The molecular weight excluding hydrogens is 249 g/mol. The minimum Gasteiger partial charge on any atom is -0.206 e. The quantitative estimate of drug-likeness (QED) is 0.659. The van der Waals surface area contributed by atoms with Crippen LogP contribution in [0.1, 0.15) is 11.1 Å². The van der Waals surface area contributed by atoms with Crippen LogP contribution in [0.15, 0.2) is 17.0 Å². The Morgan fingerprint density at radius 1 is 1.19 bits per heavy atom. The second-order valence-corrected chi connectivity index (χ2v) is 4.23. The standard InChI is InChI=1S/C9H2F5NS/c10-6-2-1-5-7(4(6)3-15)16-9(13,14)8(5,11)12/h1-2H. The molecule has 0 radical (unpaired) electrons. The molecule has 1 aliphatic rings. The molecular formula is C9H2F5NS. The maximum absolute atomic E-state index is 13.2. The Bertz CT molecular complexity index is 505. The Kier molecular flexibility index (Phi) is 2.17. The molecule has 0 aliphatic carbocycles. The van der Waals surface area contributed by atoms with E-state index in [0.717, 1.165) is 0 Å². The minimum absolute atomic E-state index is 0.480. The molecule has 1 aromatic carbocycles.